The van der Waals surface area contributed by atoms with Crippen LogP contribution in [-0.4, -0.2) is 26.5 Å². The number of rotatable bonds is 6. The maximum absolute atomic E-state index is 12.0. The molecular weight excluding hydrogens is 234 g/mol. The van der Waals surface area contributed by atoms with Crippen LogP contribution >= 0.6 is 11.8 Å². The highest BCUT2D eigenvalue weighted by Crippen LogP contribution is 2.19. The average Bonchev–Trinajstić information content (AvgIpc) is 2.68. The predicted octanol–water partition coefficient (Wildman–Crippen LogP) is 1.81. The second-order valence-corrected chi connectivity index (χ2v) is 5.71. The molecule has 1 atom stereocenters. The van der Waals surface area contributed by atoms with E-state index in [9.17, 15) is 4.79 Å². The Kier molecular flexibility index (Phi) is 5.55. The minimum Gasteiger partial charge on any atom is -0.348 e. The lowest BCUT2D eigenvalue weighted by Crippen LogP contribution is -2.36. The van der Waals surface area contributed by atoms with Gasteiger partial charge in [0, 0.05) is 19.4 Å². The van der Waals surface area contributed by atoms with E-state index in [1.54, 1.807) is 18.0 Å². The molecule has 1 N–H and O–H groups in total. The summed E-state index contributed by atoms with van der Waals surface area (Å²) in [4.78, 5) is 16.2. The summed E-state index contributed by atoms with van der Waals surface area (Å²) in [5, 5.41) is 2.98. The molecule has 1 heterocycles. The summed E-state index contributed by atoms with van der Waals surface area (Å²) in [6.45, 7) is 6.73. The summed E-state index contributed by atoms with van der Waals surface area (Å²) in [7, 11) is 1.93. The lowest BCUT2D eigenvalue weighted by molar-refractivity contribution is -0.121. The molecule has 0 bridgehead atoms. The van der Waals surface area contributed by atoms with Crippen molar-refractivity contribution >= 4 is 17.7 Å². The SMILES string of the molecule is CCSC(C(=O)NCc1nccn1C)C(C)C. The number of thioether (sulfide) groups is 1. The maximum atomic E-state index is 12.0. The standard InChI is InChI=1S/C12H21N3OS/c1-5-17-11(9(2)3)12(16)14-8-10-13-6-7-15(10)4/h6-7,9,11H,5,8H2,1-4H3,(H,14,16). The molecule has 17 heavy (non-hydrogen) atoms. The third-order valence-corrected chi connectivity index (χ3v) is 4.00. The molecule has 96 valence electrons. The van der Waals surface area contributed by atoms with Crippen LogP contribution in [0.15, 0.2) is 12.4 Å². The minimum absolute atomic E-state index is 0.0280. The predicted molar refractivity (Wildman–Crippen MR) is 71.8 cm³/mol. The van der Waals surface area contributed by atoms with Gasteiger partial charge in [-0.25, -0.2) is 4.98 Å². The van der Waals surface area contributed by atoms with Crippen LogP contribution in [0.1, 0.15) is 26.6 Å². The van der Waals surface area contributed by atoms with Crippen LogP contribution < -0.4 is 5.32 Å². The zero-order valence-electron chi connectivity index (χ0n) is 10.9. The molecule has 0 spiro atoms. The van der Waals surface area contributed by atoms with Gasteiger partial charge in [0.15, 0.2) is 0 Å². The van der Waals surface area contributed by atoms with Gasteiger partial charge in [0.05, 0.1) is 11.8 Å². The summed E-state index contributed by atoms with van der Waals surface area (Å²) < 4.78 is 1.91. The number of carbonyl (C=O) groups excluding carboxylic acids is 1. The molecular formula is C12H21N3OS. The van der Waals surface area contributed by atoms with Gasteiger partial charge >= 0.3 is 0 Å². The van der Waals surface area contributed by atoms with Crippen LogP contribution in [0.5, 0.6) is 0 Å². The second-order valence-electron chi connectivity index (χ2n) is 4.29. The van der Waals surface area contributed by atoms with E-state index in [4.69, 9.17) is 0 Å². The van der Waals surface area contributed by atoms with E-state index in [2.05, 4.69) is 31.1 Å². The number of nitrogens with one attached hydrogen (secondary N) is 1. The molecule has 4 nitrogen and oxygen atoms in total. The lowest BCUT2D eigenvalue weighted by Gasteiger charge is -2.18. The molecule has 5 heteroatoms. The van der Waals surface area contributed by atoms with Crippen molar-refractivity contribution in [3.8, 4) is 0 Å². The molecule has 1 aromatic heterocycles. The van der Waals surface area contributed by atoms with Gasteiger partial charge in [0.2, 0.25) is 5.91 Å². The van der Waals surface area contributed by atoms with Crippen molar-refractivity contribution < 1.29 is 4.79 Å². The maximum Gasteiger partial charge on any atom is 0.233 e. The first kappa shape index (κ1) is 14.1. The Morgan fingerprint density at radius 1 is 1.59 bits per heavy atom. The molecule has 0 fully saturated rings. The van der Waals surface area contributed by atoms with Crippen molar-refractivity contribution in [2.75, 3.05) is 5.75 Å². The molecule has 0 aliphatic carbocycles. The van der Waals surface area contributed by atoms with Gasteiger partial charge in [-0.15, -0.1) is 11.8 Å². The Morgan fingerprint density at radius 2 is 2.29 bits per heavy atom. The van der Waals surface area contributed by atoms with Crippen molar-refractivity contribution in [3.63, 3.8) is 0 Å². The smallest absolute Gasteiger partial charge is 0.233 e. The van der Waals surface area contributed by atoms with Crippen molar-refractivity contribution in [3.05, 3.63) is 18.2 Å². The minimum atomic E-state index is 0.0280. The fourth-order valence-electron chi connectivity index (χ4n) is 1.58. The first-order valence-electron chi connectivity index (χ1n) is 5.91. The Balaban J connectivity index is 2.50. The number of aromatic nitrogens is 2. The van der Waals surface area contributed by atoms with Crippen molar-refractivity contribution in [1.82, 2.24) is 14.9 Å². The Labute approximate surface area is 107 Å². The largest absolute Gasteiger partial charge is 0.348 e. The first-order chi connectivity index (χ1) is 8.06. The van der Waals surface area contributed by atoms with Crippen LogP contribution in [0, 0.1) is 5.92 Å². The van der Waals surface area contributed by atoms with Crippen LogP contribution in [0.2, 0.25) is 0 Å². The third-order valence-electron chi connectivity index (χ3n) is 2.55. The van der Waals surface area contributed by atoms with Crippen molar-refractivity contribution in [2.24, 2.45) is 13.0 Å². The first-order valence-corrected chi connectivity index (χ1v) is 6.96. The Hall–Kier alpha value is -0.970. The summed E-state index contributed by atoms with van der Waals surface area (Å²) >= 11 is 1.69. The molecule has 0 aliphatic rings. The number of carbonyl (C=O) groups is 1. The average molecular weight is 255 g/mol. The number of aryl methyl sites for hydroxylation is 1. The summed E-state index contributed by atoms with van der Waals surface area (Å²) in [5.41, 5.74) is 0. The number of amides is 1. The van der Waals surface area contributed by atoms with E-state index in [0.717, 1.165) is 11.6 Å². The van der Waals surface area contributed by atoms with Crippen LogP contribution in [0.3, 0.4) is 0 Å². The number of hydrogen-bond acceptors (Lipinski definition) is 3. The van der Waals surface area contributed by atoms with E-state index in [-0.39, 0.29) is 11.2 Å². The highest BCUT2D eigenvalue weighted by Gasteiger charge is 2.21. The zero-order chi connectivity index (χ0) is 12.8. The van der Waals surface area contributed by atoms with E-state index in [0.29, 0.717) is 12.5 Å². The molecule has 0 aromatic carbocycles. The highest BCUT2D eigenvalue weighted by atomic mass is 32.2. The second kappa shape index (κ2) is 6.69. The van der Waals surface area contributed by atoms with E-state index in [1.807, 2.05) is 17.8 Å². The molecule has 1 rings (SSSR count). The monoisotopic (exact) mass is 255 g/mol. The summed E-state index contributed by atoms with van der Waals surface area (Å²) in [6.07, 6.45) is 3.62. The molecule has 0 aliphatic heterocycles. The van der Waals surface area contributed by atoms with Crippen molar-refractivity contribution in [1.29, 1.82) is 0 Å². The van der Waals surface area contributed by atoms with Gasteiger partial charge in [-0.1, -0.05) is 20.8 Å². The molecule has 1 amide bonds. The number of hydrogen-bond donors (Lipinski definition) is 1. The lowest BCUT2D eigenvalue weighted by atomic mass is 10.1. The van der Waals surface area contributed by atoms with Gasteiger partial charge in [0.1, 0.15) is 5.82 Å². The quantitative estimate of drug-likeness (QED) is 0.843. The van der Waals surface area contributed by atoms with Gasteiger partial charge in [-0.3, -0.25) is 4.79 Å². The summed E-state index contributed by atoms with van der Waals surface area (Å²) in [5.74, 6) is 2.29. The van der Waals surface area contributed by atoms with Crippen LogP contribution in [-0.2, 0) is 18.4 Å². The Morgan fingerprint density at radius 3 is 2.76 bits per heavy atom. The van der Waals surface area contributed by atoms with Crippen LogP contribution in [0.4, 0.5) is 0 Å². The van der Waals surface area contributed by atoms with E-state index >= 15 is 0 Å². The van der Waals surface area contributed by atoms with Crippen molar-refractivity contribution in [2.45, 2.75) is 32.6 Å². The highest BCUT2D eigenvalue weighted by molar-refractivity contribution is 8.00. The zero-order valence-corrected chi connectivity index (χ0v) is 11.8. The number of nitrogens with zero attached hydrogens (tertiary/aromatic N) is 2. The van der Waals surface area contributed by atoms with Gasteiger partial charge in [-0.2, -0.15) is 0 Å². The topological polar surface area (TPSA) is 46.9 Å². The molecule has 0 radical (unpaired) electrons. The third kappa shape index (κ3) is 4.07. The van der Waals surface area contributed by atoms with Gasteiger partial charge in [0.25, 0.3) is 0 Å². The van der Waals surface area contributed by atoms with E-state index < -0.39 is 0 Å². The normalized spacial score (nSPS) is 12.8. The fraction of sp³-hybridized carbons (Fsp3) is 0.667. The van der Waals surface area contributed by atoms with Gasteiger partial charge < -0.3 is 9.88 Å². The van der Waals surface area contributed by atoms with Gasteiger partial charge in [-0.05, 0) is 11.7 Å². The fourth-order valence-corrected chi connectivity index (χ4v) is 2.56. The number of imidazole rings is 1. The molecule has 0 saturated heterocycles. The summed E-state index contributed by atoms with van der Waals surface area (Å²) in [6, 6.07) is 0. The molecule has 1 aromatic rings. The molecule has 0 saturated carbocycles. The van der Waals surface area contributed by atoms with Crippen LogP contribution in [0.25, 0.3) is 0 Å². The Bertz CT molecular complexity index is 362. The molecule has 1 unspecified atom stereocenters. The van der Waals surface area contributed by atoms with E-state index in [1.165, 1.54) is 0 Å².